The molecule has 0 atom stereocenters. The zero-order valence-electron chi connectivity index (χ0n) is 24.5. The van der Waals surface area contributed by atoms with Gasteiger partial charge in [0.05, 0.1) is 22.2 Å². The normalized spacial score (nSPS) is 11.1. The SMILES string of the molecule is CC(C)(C)O.CNc1ccc(-c2ccc(=O)n(-c3nc4cc(C)c(CC(=O)O)c(-c5ccc(Cl)cc5)c4s3)c2)cc1C=N. The third kappa shape index (κ3) is 7.56. The number of carboxylic acids is 1. The molecule has 0 amide bonds. The van der Waals surface area contributed by atoms with E-state index >= 15 is 0 Å². The molecule has 222 valence electrons. The molecule has 0 aliphatic carbocycles. The molecule has 0 aliphatic rings. The number of pyridine rings is 1. The third-order valence-corrected chi connectivity index (χ3v) is 7.73. The number of hydrogen-bond acceptors (Lipinski definition) is 7. The highest BCUT2D eigenvalue weighted by molar-refractivity contribution is 7.21. The second kappa shape index (κ2) is 12.9. The van der Waals surface area contributed by atoms with Crippen LogP contribution in [0.1, 0.15) is 37.5 Å². The first kappa shape index (κ1) is 31.6. The summed E-state index contributed by atoms with van der Waals surface area (Å²) in [7, 11) is 1.80. The molecule has 0 unspecified atom stereocenters. The number of rotatable bonds is 7. The van der Waals surface area contributed by atoms with Gasteiger partial charge in [0.1, 0.15) is 0 Å². The van der Waals surface area contributed by atoms with Gasteiger partial charge >= 0.3 is 5.97 Å². The number of anilines is 1. The first-order chi connectivity index (χ1) is 20.3. The Balaban J connectivity index is 0.000000782. The molecule has 3 aromatic carbocycles. The van der Waals surface area contributed by atoms with Gasteiger partial charge in [-0.3, -0.25) is 14.2 Å². The smallest absolute Gasteiger partial charge is 0.307 e. The molecule has 43 heavy (non-hydrogen) atoms. The van der Waals surface area contributed by atoms with Crippen LogP contribution in [0.25, 0.3) is 37.6 Å². The van der Waals surface area contributed by atoms with Crippen molar-refractivity contribution in [2.45, 2.75) is 39.7 Å². The molecular weight excluding hydrogens is 584 g/mol. The molecule has 0 fully saturated rings. The van der Waals surface area contributed by atoms with Crippen molar-refractivity contribution in [1.29, 1.82) is 5.41 Å². The number of thiazole rings is 1. The number of fused-ring (bicyclic) bond motifs is 1. The van der Waals surface area contributed by atoms with Crippen molar-refractivity contribution in [3.63, 3.8) is 0 Å². The molecule has 2 heterocycles. The minimum atomic E-state index is -0.926. The fourth-order valence-electron chi connectivity index (χ4n) is 4.52. The maximum absolute atomic E-state index is 13.0. The molecular formula is C33H33ClN4O4S. The average Bonchev–Trinajstić information content (AvgIpc) is 3.36. The Bertz CT molecular complexity index is 1870. The van der Waals surface area contributed by atoms with Gasteiger partial charge in [0, 0.05) is 47.4 Å². The van der Waals surface area contributed by atoms with Crippen LogP contribution in [0.2, 0.25) is 5.02 Å². The lowest BCUT2D eigenvalue weighted by Crippen LogP contribution is -2.16. The topological polar surface area (TPSA) is 128 Å². The van der Waals surface area contributed by atoms with Crippen LogP contribution in [0.3, 0.4) is 0 Å². The number of aliphatic carboxylic acids is 1. The third-order valence-electron chi connectivity index (χ3n) is 6.39. The molecule has 5 rings (SSSR count). The van der Waals surface area contributed by atoms with Gasteiger partial charge in [-0.15, -0.1) is 0 Å². The maximum atomic E-state index is 13.0. The zero-order valence-corrected chi connectivity index (χ0v) is 26.1. The summed E-state index contributed by atoms with van der Waals surface area (Å²) >= 11 is 7.46. The summed E-state index contributed by atoms with van der Waals surface area (Å²) in [6.07, 6.45) is 2.89. The van der Waals surface area contributed by atoms with Gasteiger partial charge in [0.25, 0.3) is 5.56 Å². The molecule has 0 saturated heterocycles. The Morgan fingerprint density at radius 3 is 2.30 bits per heavy atom. The van der Waals surface area contributed by atoms with E-state index < -0.39 is 11.6 Å². The van der Waals surface area contributed by atoms with E-state index in [1.165, 1.54) is 28.2 Å². The predicted molar refractivity (Wildman–Crippen MR) is 177 cm³/mol. The Kier molecular flexibility index (Phi) is 9.49. The van der Waals surface area contributed by atoms with Crippen LogP contribution in [-0.4, -0.2) is 44.6 Å². The van der Waals surface area contributed by atoms with Gasteiger partial charge in [-0.05, 0) is 91.9 Å². The lowest BCUT2D eigenvalue weighted by molar-refractivity contribution is -0.136. The Morgan fingerprint density at radius 2 is 1.70 bits per heavy atom. The molecule has 0 saturated carbocycles. The Morgan fingerprint density at radius 1 is 1.07 bits per heavy atom. The lowest BCUT2D eigenvalue weighted by atomic mass is 9.93. The van der Waals surface area contributed by atoms with Gasteiger partial charge in [0.15, 0.2) is 5.13 Å². The zero-order chi connectivity index (χ0) is 31.5. The predicted octanol–water partition coefficient (Wildman–Crippen LogP) is 7.19. The van der Waals surface area contributed by atoms with Crippen LogP contribution >= 0.6 is 22.9 Å². The van der Waals surface area contributed by atoms with Crippen LogP contribution < -0.4 is 10.9 Å². The van der Waals surface area contributed by atoms with E-state index in [1.807, 2.05) is 43.3 Å². The molecule has 0 radical (unpaired) electrons. The summed E-state index contributed by atoms with van der Waals surface area (Å²) in [5, 5.41) is 30.0. The summed E-state index contributed by atoms with van der Waals surface area (Å²) in [6.45, 7) is 7.10. The largest absolute Gasteiger partial charge is 0.481 e. The number of aryl methyl sites for hydroxylation is 1. The fraction of sp³-hybridized carbons (Fsp3) is 0.212. The van der Waals surface area contributed by atoms with Crippen molar-refractivity contribution in [2.24, 2.45) is 0 Å². The van der Waals surface area contributed by atoms with Gasteiger partial charge in [-0.25, -0.2) is 4.98 Å². The lowest BCUT2D eigenvalue weighted by Gasteiger charge is -2.13. The Hall–Kier alpha value is -4.31. The number of nitrogens with zero attached hydrogens (tertiary/aromatic N) is 2. The average molecular weight is 617 g/mol. The van der Waals surface area contributed by atoms with Crippen molar-refractivity contribution in [3.05, 3.63) is 98.9 Å². The number of aliphatic hydroxyl groups is 1. The molecule has 5 aromatic rings. The first-order valence-electron chi connectivity index (χ1n) is 13.5. The number of carboxylic acid groups (broad SMARTS) is 1. The van der Waals surface area contributed by atoms with Crippen molar-refractivity contribution < 1.29 is 15.0 Å². The van der Waals surface area contributed by atoms with Gasteiger partial charge in [0.2, 0.25) is 0 Å². The summed E-state index contributed by atoms with van der Waals surface area (Å²) in [5.74, 6) is -0.926. The van der Waals surface area contributed by atoms with Gasteiger partial charge in [-0.2, -0.15) is 0 Å². The van der Waals surface area contributed by atoms with Crippen molar-refractivity contribution in [3.8, 4) is 27.4 Å². The Labute approximate surface area is 258 Å². The summed E-state index contributed by atoms with van der Waals surface area (Å²) < 4.78 is 2.31. The van der Waals surface area contributed by atoms with Crippen LogP contribution in [0.5, 0.6) is 0 Å². The number of aromatic nitrogens is 2. The number of halogens is 1. The summed E-state index contributed by atoms with van der Waals surface area (Å²) in [5.41, 5.74) is 6.31. The van der Waals surface area contributed by atoms with Gasteiger partial charge < -0.3 is 20.9 Å². The standard InChI is InChI=1S/C29H23ClN4O3S.C4H10O/c1-16-11-24-28(27(22(16)13-26(36)37)17-3-7-21(30)8-4-17)38-29(33-24)34-15-19(6-10-25(34)35)18-5-9-23(32-2)20(12-18)14-31;1-4(2,3)5/h3-12,14-15,31-32H,13H2,1-2H3,(H,36,37);5H,1-3H3. The monoisotopic (exact) mass is 616 g/mol. The fourth-order valence-corrected chi connectivity index (χ4v) is 5.77. The first-order valence-corrected chi connectivity index (χ1v) is 14.7. The van der Waals surface area contributed by atoms with Crippen molar-refractivity contribution >= 4 is 51.0 Å². The second-order valence-corrected chi connectivity index (χ2v) is 12.4. The second-order valence-electron chi connectivity index (χ2n) is 11.0. The van der Waals surface area contributed by atoms with Crippen molar-refractivity contribution in [1.82, 2.24) is 9.55 Å². The molecule has 0 spiro atoms. The molecule has 0 aliphatic heterocycles. The van der Waals surface area contributed by atoms with E-state index in [0.717, 1.165) is 43.8 Å². The summed E-state index contributed by atoms with van der Waals surface area (Å²) in [6, 6.07) is 18.1. The van der Waals surface area contributed by atoms with E-state index in [9.17, 15) is 14.7 Å². The molecule has 0 bridgehead atoms. The van der Waals surface area contributed by atoms with E-state index in [-0.39, 0.29) is 12.0 Å². The molecule has 4 N–H and O–H groups in total. The van der Waals surface area contributed by atoms with E-state index in [4.69, 9.17) is 27.1 Å². The quantitative estimate of drug-likeness (QED) is 0.143. The van der Waals surface area contributed by atoms with Crippen LogP contribution in [0.4, 0.5) is 5.69 Å². The highest BCUT2D eigenvalue weighted by Crippen LogP contribution is 2.39. The molecule has 8 nitrogen and oxygen atoms in total. The minimum Gasteiger partial charge on any atom is -0.481 e. The number of hydrogen-bond donors (Lipinski definition) is 4. The van der Waals surface area contributed by atoms with Crippen molar-refractivity contribution in [2.75, 3.05) is 12.4 Å². The number of carbonyl (C=O) groups is 1. The highest BCUT2D eigenvalue weighted by atomic mass is 35.5. The van der Waals surface area contributed by atoms with Crippen LogP contribution in [0.15, 0.2) is 71.7 Å². The number of benzene rings is 3. The highest BCUT2D eigenvalue weighted by Gasteiger charge is 2.20. The maximum Gasteiger partial charge on any atom is 0.307 e. The molecule has 2 aromatic heterocycles. The van der Waals surface area contributed by atoms with E-state index in [1.54, 1.807) is 52.2 Å². The summed E-state index contributed by atoms with van der Waals surface area (Å²) in [4.78, 5) is 29.5. The molecule has 10 heteroatoms. The van der Waals surface area contributed by atoms with Crippen LogP contribution in [-0.2, 0) is 11.2 Å². The van der Waals surface area contributed by atoms with E-state index in [0.29, 0.717) is 21.2 Å². The van der Waals surface area contributed by atoms with Crippen LogP contribution in [0, 0.1) is 12.3 Å². The van der Waals surface area contributed by atoms with Gasteiger partial charge in [-0.1, -0.05) is 41.1 Å². The van der Waals surface area contributed by atoms with E-state index in [2.05, 4.69) is 5.32 Å². The number of nitrogens with one attached hydrogen (secondary N) is 2. The minimum absolute atomic E-state index is 0.139.